The first-order valence-electron chi connectivity index (χ1n) is 6.52. The van der Waals surface area contributed by atoms with Crippen molar-refractivity contribution in [2.75, 3.05) is 11.9 Å². The highest BCUT2D eigenvalue weighted by Crippen LogP contribution is 2.13. The largest absolute Gasteiger partial charge is 0.394 e. The molecule has 0 aliphatic heterocycles. The molecule has 0 saturated carbocycles. The highest BCUT2D eigenvalue weighted by Gasteiger charge is 2.07. The van der Waals surface area contributed by atoms with Crippen LogP contribution in [0.4, 0.5) is 5.69 Å². The summed E-state index contributed by atoms with van der Waals surface area (Å²) in [6.45, 7) is 7.59. The molecule has 0 amide bonds. The molecule has 2 N–H and O–H groups in total. The molecular formula is C13H21N5O. The molecule has 0 atom stereocenters. The minimum Gasteiger partial charge on any atom is -0.394 e. The monoisotopic (exact) mass is 263 g/mol. The van der Waals surface area contributed by atoms with Crippen molar-refractivity contribution in [2.45, 2.75) is 39.9 Å². The molecule has 104 valence electrons. The molecule has 6 nitrogen and oxygen atoms in total. The van der Waals surface area contributed by atoms with E-state index < -0.39 is 0 Å². The van der Waals surface area contributed by atoms with Gasteiger partial charge in [0.25, 0.3) is 0 Å². The quantitative estimate of drug-likeness (QED) is 0.830. The van der Waals surface area contributed by atoms with E-state index in [4.69, 9.17) is 5.11 Å². The van der Waals surface area contributed by atoms with Crippen LogP contribution in [0.3, 0.4) is 0 Å². The first-order chi connectivity index (χ1) is 9.10. The second-order valence-corrected chi connectivity index (χ2v) is 4.88. The molecule has 0 fully saturated rings. The van der Waals surface area contributed by atoms with Crippen LogP contribution in [0.5, 0.6) is 0 Å². The number of aryl methyl sites for hydroxylation is 1. The number of aromatic nitrogens is 4. The third kappa shape index (κ3) is 3.35. The van der Waals surface area contributed by atoms with Gasteiger partial charge in [0.15, 0.2) is 0 Å². The van der Waals surface area contributed by atoms with Gasteiger partial charge in [-0.2, -0.15) is 10.2 Å². The zero-order chi connectivity index (χ0) is 13.8. The van der Waals surface area contributed by atoms with E-state index in [-0.39, 0.29) is 6.61 Å². The predicted molar refractivity (Wildman–Crippen MR) is 74.0 cm³/mol. The summed E-state index contributed by atoms with van der Waals surface area (Å²) in [4.78, 5) is 0. The Hall–Kier alpha value is -1.82. The number of rotatable bonds is 6. The number of anilines is 1. The Bertz CT molecular complexity index is 529. The summed E-state index contributed by atoms with van der Waals surface area (Å²) in [6, 6.07) is 0.375. The van der Waals surface area contributed by atoms with Crippen molar-refractivity contribution in [1.29, 1.82) is 0 Å². The van der Waals surface area contributed by atoms with Gasteiger partial charge in [-0.3, -0.25) is 9.36 Å². The summed E-state index contributed by atoms with van der Waals surface area (Å²) < 4.78 is 3.69. The Morgan fingerprint density at radius 3 is 2.79 bits per heavy atom. The van der Waals surface area contributed by atoms with Crippen molar-refractivity contribution in [1.82, 2.24) is 19.6 Å². The van der Waals surface area contributed by atoms with Gasteiger partial charge in [0.05, 0.1) is 30.7 Å². The normalized spacial score (nSPS) is 11.2. The fourth-order valence-corrected chi connectivity index (χ4v) is 1.83. The average molecular weight is 263 g/mol. The fourth-order valence-electron chi connectivity index (χ4n) is 1.83. The van der Waals surface area contributed by atoms with Gasteiger partial charge >= 0.3 is 0 Å². The molecule has 19 heavy (non-hydrogen) atoms. The summed E-state index contributed by atoms with van der Waals surface area (Å²) in [5.74, 6) is 0. The topological polar surface area (TPSA) is 67.9 Å². The standard InChI is InChI=1S/C13H21N5O/c1-10(2)18-8-12(11(3)16-18)6-14-13-7-15-17(9-13)4-5-19/h7-10,14,19H,4-6H2,1-3H3. The van der Waals surface area contributed by atoms with E-state index in [0.717, 1.165) is 17.9 Å². The Morgan fingerprint density at radius 1 is 1.37 bits per heavy atom. The Labute approximate surface area is 113 Å². The van der Waals surface area contributed by atoms with E-state index in [0.29, 0.717) is 12.6 Å². The molecule has 0 bridgehead atoms. The van der Waals surface area contributed by atoms with Crippen molar-refractivity contribution < 1.29 is 5.11 Å². The predicted octanol–water partition coefficient (Wildman–Crippen LogP) is 1.57. The number of aliphatic hydroxyl groups excluding tert-OH is 1. The number of aliphatic hydroxyl groups is 1. The minimum absolute atomic E-state index is 0.0986. The smallest absolute Gasteiger partial charge is 0.0729 e. The molecule has 2 aromatic heterocycles. The first kappa shape index (κ1) is 13.6. The van der Waals surface area contributed by atoms with Crippen LogP contribution < -0.4 is 5.32 Å². The maximum absolute atomic E-state index is 8.84. The van der Waals surface area contributed by atoms with Crippen LogP contribution in [0.1, 0.15) is 31.1 Å². The van der Waals surface area contributed by atoms with Crippen LogP contribution in [0, 0.1) is 6.92 Å². The van der Waals surface area contributed by atoms with Crippen LogP contribution in [-0.4, -0.2) is 31.3 Å². The third-order valence-electron chi connectivity index (χ3n) is 2.99. The molecule has 0 aliphatic carbocycles. The molecular weight excluding hydrogens is 242 g/mol. The zero-order valence-corrected chi connectivity index (χ0v) is 11.7. The van der Waals surface area contributed by atoms with E-state index in [9.17, 15) is 0 Å². The highest BCUT2D eigenvalue weighted by atomic mass is 16.3. The van der Waals surface area contributed by atoms with Crippen molar-refractivity contribution in [3.8, 4) is 0 Å². The SMILES string of the molecule is Cc1nn(C(C)C)cc1CNc1cnn(CCO)c1. The van der Waals surface area contributed by atoms with E-state index >= 15 is 0 Å². The molecule has 0 aliphatic rings. The summed E-state index contributed by atoms with van der Waals surface area (Å²) in [5, 5.41) is 20.8. The van der Waals surface area contributed by atoms with Crippen LogP contribution in [-0.2, 0) is 13.1 Å². The lowest BCUT2D eigenvalue weighted by molar-refractivity contribution is 0.269. The van der Waals surface area contributed by atoms with Gasteiger partial charge in [0, 0.05) is 30.5 Å². The number of hydrogen-bond donors (Lipinski definition) is 2. The van der Waals surface area contributed by atoms with Gasteiger partial charge in [-0.05, 0) is 20.8 Å². The van der Waals surface area contributed by atoms with Crippen LogP contribution >= 0.6 is 0 Å². The summed E-state index contributed by atoms with van der Waals surface area (Å²) in [7, 11) is 0. The number of nitrogens with zero attached hydrogens (tertiary/aromatic N) is 4. The van der Waals surface area contributed by atoms with Crippen LogP contribution in [0.25, 0.3) is 0 Å². The van der Waals surface area contributed by atoms with E-state index in [1.807, 2.05) is 17.8 Å². The maximum Gasteiger partial charge on any atom is 0.0729 e. The second kappa shape index (κ2) is 5.88. The van der Waals surface area contributed by atoms with Gasteiger partial charge in [-0.25, -0.2) is 0 Å². The molecule has 0 aromatic carbocycles. The van der Waals surface area contributed by atoms with E-state index in [2.05, 4.69) is 35.6 Å². The zero-order valence-electron chi connectivity index (χ0n) is 11.7. The van der Waals surface area contributed by atoms with Crippen molar-refractivity contribution in [3.63, 3.8) is 0 Å². The number of hydrogen-bond acceptors (Lipinski definition) is 4. The Balaban J connectivity index is 1.97. The molecule has 0 radical (unpaired) electrons. The molecule has 6 heteroatoms. The first-order valence-corrected chi connectivity index (χ1v) is 6.52. The fraction of sp³-hybridized carbons (Fsp3) is 0.538. The number of nitrogens with one attached hydrogen (secondary N) is 1. The molecule has 0 unspecified atom stereocenters. The molecule has 0 spiro atoms. The van der Waals surface area contributed by atoms with Crippen molar-refractivity contribution in [3.05, 3.63) is 29.8 Å². The molecule has 2 heterocycles. The summed E-state index contributed by atoms with van der Waals surface area (Å²) >= 11 is 0. The van der Waals surface area contributed by atoms with E-state index in [1.54, 1.807) is 10.9 Å². The Kier molecular flexibility index (Phi) is 4.21. The Morgan fingerprint density at radius 2 is 2.16 bits per heavy atom. The lowest BCUT2D eigenvalue weighted by Crippen LogP contribution is -2.02. The van der Waals surface area contributed by atoms with Crippen molar-refractivity contribution >= 4 is 5.69 Å². The maximum atomic E-state index is 8.84. The molecule has 0 saturated heterocycles. The van der Waals surface area contributed by atoms with Crippen LogP contribution in [0.2, 0.25) is 0 Å². The van der Waals surface area contributed by atoms with Crippen LogP contribution in [0.15, 0.2) is 18.6 Å². The lowest BCUT2D eigenvalue weighted by atomic mass is 10.2. The third-order valence-corrected chi connectivity index (χ3v) is 2.99. The van der Waals surface area contributed by atoms with Gasteiger partial charge in [0.1, 0.15) is 0 Å². The van der Waals surface area contributed by atoms with Gasteiger partial charge in [-0.15, -0.1) is 0 Å². The molecule has 2 aromatic rings. The van der Waals surface area contributed by atoms with Gasteiger partial charge < -0.3 is 10.4 Å². The van der Waals surface area contributed by atoms with Gasteiger partial charge in [-0.1, -0.05) is 0 Å². The lowest BCUT2D eigenvalue weighted by Gasteiger charge is -2.03. The highest BCUT2D eigenvalue weighted by molar-refractivity contribution is 5.39. The summed E-state index contributed by atoms with van der Waals surface area (Å²) in [6.07, 6.45) is 5.72. The van der Waals surface area contributed by atoms with Crippen molar-refractivity contribution in [2.24, 2.45) is 0 Å². The second-order valence-electron chi connectivity index (χ2n) is 4.88. The van der Waals surface area contributed by atoms with E-state index in [1.165, 1.54) is 5.56 Å². The minimum atomic E-state index is 0.0986. The average Bonchev–Trinajstić information content (AvgIpc) is 2.94. The van der Waals surface area contributed by atoms with Gasteiger partial charge in [0.2, 0.25) is 0 Å². The summed E-state index contributed by atoms with van der Waals surface area (Å²) in [5.41, 5.74) is 3.18. The molecule has 2 rings (SSSR count).